The second-order valence-corrected chi connectivity index (χ2v) is 8.05. The Labute approximate surface area is 147 Å². The fourth-order valence-electron chi connectivity index (χ4n) is 2.14. The molecule has 134 valence electrons. The molecule has 0 unspecified atom stereocenters. The van der Waals surface area contributed by atoms with Gasteiger partial charge in [-0.1, -0.05) is 19.9 Å². The summed E-state index contributed by atoms with van der Waals surface area (Å²) in [5.41, 5.74) is 0.602. The van der Waals surface area contributed by atoms with Gasteiger partial charge in [0, 0.05) is 19.2 Å². The van der Waals surface area contributed by atoms with E-state index in [1.807, 2.05) is 13.8 Å². The van der Waals surface area contributed by atoms with Crippen molar-refractivity contribution in [3.05, 3.63) is 59.9 Å². The van der Waals surface area contributed by atoms with Crippen LogP contribution < -0.4 is 9.62 Å². The Morgan fingerprint density at radius 3 is 2.40 bits per heavy atom. The number of carbonyl (C=O) groups is 1. The number of amides is 1. The number of hydrogen-bond acceptors (Lipinski definition) is 3. The molecule has 0 aliphatic carbocycles. The fraction of sp³-hybridized carbons (Fsp3) is 0.278. The quantitative estimate of drug-likeness (QED) is 0.857. The van der Waals surface area contributed by atoms with Gasteiger partial charge in [-0.25, -0.2) is 12.8 Å². The van der Waals surface area contributed by atoms with Crippen LogP contribution in [0.25, 0.3) is 0 Å². The summed E-state index contributed by atoms with van der Waals surface area (Å²) in [6.45, 7) is 4.45. The molecule has 0 fully saturated rings. The van der Waals surface area contributed by atoms with Crippen LogP contribution in [0.4, 0.5) is 10.1 Å². The molecule has 1 N–H and O–H groups in total. The van der Waals surface area contributed by atoms with E-state index in [4.69, 9.17) is 0 Å². The van der Waals surface area contributed by atoms with Crippen molar-refractivity contribution in [2.45, 2.75) is 18.7 Å². The normalized spacial score (nSPS) is 11.4. The van der Waals surface area contributed by atoms with E-state index in [1.165, 1.54) is 49.5 Å². The van der Waals surface area contributed by atoms with Crippen LogP contribution >= 0.6 is 0 Å². The first-order valence-electron chi connectivity index (χ1n) is 7.84. The number of hydrogen-bond donors (Lipinski definition) is 1. The molecular formula is C18H21FN2O3S. The van der Waals surface area contributed by atoms with Crippen LogP contribution in [0.15, 0.2) is 53.4 Å². The van der Waals surface area contributed by atoms with E-state index >= 15 is 0 Å². The zero-order chi connectivity index (χ0) is 18.6. The van der Waals surface area contributed by atoms with E-state index < -0.39 is 15.8 Å². The molecule has 1 amide bonds. The number of anilines is 1. The van der Waals surface area contributed by atoms with Crippen molar-refractivity contribution < 1.29 is 17.6 Å². The summed E-state index contributed by atoms with van der Waals surface area (Å²) < 4.78 is 39.6. The monoisotopic (exact) mass is 364 g/mol. The molecule has 7 heteroatoms. The Morgan fingerprint density at radius 1 is 1.16 bits per heavy atom. The molecule has 0 heterocycles. The van der Waals surface area contributed by atoms with Crippen LogP contribution in [0, 0.1) is 11.7 Å². The summed E-state index contributed by atoms with van der Waals surface area (Å²) >= 11 is 0. The van der Waals surface area contributed by atoms with Crippen molar-refractivity contribution >= 4 is 21.6 Å². The predicted octanol–water partition coefficient (Wildman–Crippen LogP) is 3.04. The molecule has 0 saturated carbocycles. The first-order chi connectivity index (χ1) is 11.7. The van der Waals surface area contributed by atoms with Crippen molar-refractivity contribution in [1.82, 2.24) is 5.32 Å². The average molecular weight is 364 g/mol. The Balaban J connectivity index is 2.29. The summed E-state index contributed by atoms with van der Waals surface area (Å²) in [4.78, 5) is 12.1. The van der Waals surface area contributed by atoms with E-state index in [-0.39, 0.29) is 16.4 Å². The maximum atomic E-state index is 13.0. The minimum absolute atomic E-state index is 0.00322. The van der Waals surface area contributed by atoms with Crippen LogP contribution in [0.5, 0.6) is 0 Å². The van der Waals surface area contributed by atoms with Gasteiger partial charge in [-0.05, 0) is 48.4 Å². The van der Waals surface area contributed by atoms with Gasteiger partial charge >= 0.3 is 0 Å². The molecule has 0 spiro atoms. The average Bonchev–Trinajstić information content (AvgIpc) is 2.59. The Bertz CT molecular complexity index is 849. The van der Waals surface area contributed by atoms with Crippen molar-refractivity contribution in [1.29, 1.82) is 0 Å². The number of nitrogens with zero attached hydrogens (tertiary/aromatic N) is 1. The van der Waals surface area contributed by atoms with Gasteiger partial charge in [0.15, 0.2) is 0 Å². The lowest BCUT2D eigenvalue weighted by Crippen LogP contribution is -2.29. The topological polar surface area (TPSA) is 66.5 Å². The fourth-order valence-corrected chi connectivity index (χ4v) is 3.39. The maximum absolute atomic E-state index is 13.0. The van der Waals surface area contributed by atoms with Gasteiger partial charge in [-0.3, -0.25) is 9.10 Å². The molecule has 0 aromatic heterocycles. The number of halogens is 1. The summed E-state index contributed by atoms with van der Waals surface area (Å²) in [5, 5.41) is 2.76. The van der Waals surface area contributed by atoms with Crippen LogP contribution in [0.1, 0.15) is 24.2 Å². The van der Waals surface area contributed by atoms with Gasteiger partial charge in [-0.15, -0.1) is 0 Å². The lowest BCUT2D eigenvalue weighted by Gasteiger charge is -2.20. The molecule has 0 radical (unpaired) electrons. The van der Waals surface area contributed by atoms with E-state index in [9.17, 15) is 17.6 Å². The number of sulfonamides is 1. The molecule has 0 saturated heterocycles. The number of rotatable bonds is 6. The molecular weight excluding hydrogens is 343 g/mol. The molecule has 2 aromatic carbocycles. The molecule has 5 nitrogen and oxygen atoms in total. The van der Waals surface area contributed by atoms with Crippen LogP contribution in [0.3, 0.4) is 0 Å². The van der Waals surface area contributed by atoms with E-state index in [2.05, 4.69) is 5.32 Å². The van der Waals surface area contributed by atoms with Crippen molar-refractivity contribution in [3.63, 3.8) is 0 Å². The third-order valence-corrected chi connectivity index (χ3v) is 5.40. The van der Waals surface area contributed by atoms with E-state index in [0.717, 1.165) is 4.31 Å². The van der Waals surface area contributed by atoms with Crippen molar-refractivity contribution in [3.8, 4) is 0 Å². The van der Waals surface area contributed by atoms with E-state index in [0.29, 0.717) is 18.2 Å². The highest BCUT2D eigenvalue weighted by molar-refractivity contribution is 7.92. The second kappa shape index (κ2) is 7.65. The van der Waals surface area contributed by atoms with Gasteiger partial charge in [-0.2, -0.15) is 0 Å². The van der Waals surface area contributed by atoms with Crippen LogP contribution in [-0.4, -0.2) is 27.9 Å². The molecule has 25 heavy (non-hydrogen) atoms. The number of nitrogens with one attached hydrogen (secondary N) is 1. The SMILES string of the molecule is CC(C)CNC(=O)c1cccc(S(=O)(=O)N(C)c2ccc(F)cc2)c1. The summed E-state index contributed by atoms with van der Waals surface area (Å²) in [6.07, 6.45) is 0. The van der Waals surface area contributed by atoms with Gasteiger partial charge < -0.3 is 5.32 Å². The Kier molecular flexibility index (Phi) is 5.79. The third-order valence-electron chi connectivity index (χ3n) is 3.62. The first-order valence-corrected chi connectivity index (χ1v) is 9.28. The molecule has 0 aliphatic heterocycles. The molecule has 2 aromatic rings. The van der Waals surface area contributed by atoms with Crippen LogP contribution in [-0.2, 0) is 10.0 Å². The smallest absolute Gasteiger partial charge is 0.264 e. The zero-order valence-electron chi connectivity index (χ0n) is 14.4. The molecule has 0 aliphatic rings. The largest absolute Gasteiger partial charge is 0.352 e. The van der Waals surface area contributed by atoms with Gasteiger partial charge in [0.1, 0.15) is 5.82 Å². The first kappa shape index (κ1) is 18.9. The van der Waals surface area contributed by atoms with Gasteiger partial charge in [0.25, 0.3) is 15.9 Å². The summed E-state index contributed by atoms with van der Waals surface area (Å²) in [6, 6.07) is 11.0. The van der Waals surface area contributed by atoms with E-state index in [1.54, 1.807) is 6.07 Å². The Morgan fingerprint density at radius 2 is 1.80 bits per heavy atom. The number of benzene rings is 2. The van der Waals surface area contributed by atoms with Crippen LogP contribution in [0.2, 0.25) is 0 Å². The number of carbonyl (C=O) groups excluding carboxylic acids is 1. The molecule has 0 atom stereocenters. The minimum atomic E-state index is -3.86. The molecule has 0 bridgehead atoms. The van der Waals surface area contributed by atoms with Crippen molar-refractivity contribution in [2.24, 2.45) is 5.92 Å². The highest BCUT2D eigenvalue weighted by Crippen LogP contribution is 2.22. The second-order valence-electron chi connectivity index (χ2n) is 6.08. The highest BCUT2D eigenvalue weighted by atomic mass is 32.2. The lowest BCUT2D eigenvalue weighted by molar-refractivity contribution is 0.0949. The van der Waals surface area contributed by atoms with Gasteiger partial charge in [0.05, 0.1) is 10.6 Å². The molecule has 2 rings (SSSR count). The summed E-state index contributed by atoms with van der Waals surface area (Å²) in [7, 11) is -2.48. The highest BCUT2D eigenvalue weighted by Gasteiger charge is 2.22. The third kappa shape index (κ3) is 4.57. The zero-order valence-corrected chi connectivity index (χ0v) is 15.2. The maximum Gasteiger partial charge on any atom is 0.264 e. The predicted molar refractivity (Wildman–Crippen MR) is 95.6 cm³/mol. The standard InChI is InChI=1S/C18H21FN2O3S/c1-13(2)12-20-18(22)14-5-4-6-17(11-14)25(23,24)21(3)16-9-7-15(19)8-10-16/h4-11,13H,12H2,1-3H3,(H,20,22). The Hall–Kier alpha value is -2.41. The van der Waals surface area contributed by atoms with Gasteiger partial charge in [0.2, 0.25) is 0 Å². The minimum Gasteiger partial charge on any atom is -0.352 e. The lowest BCUT2D eigenvalue weighted by atomic mass is 10.2. The summed E-state index contributed by atoms with van der Waals surface area (Å²) in [5.74, 6) is -0.478. The van der Waals surface area contributed by atoms with Crippen molar-refractivity contribution in [2.75, 3.05) is 17.9 Å².